The zero-order valence-corrected chi connectivity index (χ0v) is 18.1. The smallest absolute Gasteiger partial charge is 0.263 e. The van der Waals surface area contributed by atoms with Crippen molar-refractivity contribution in [1.82, 2.24) is 14.7 Å². The van der Waals surface area contributed by atoms with Gasteiger partial charge >= 0.3 is 0 Å². The van der Waals surface area contributed by atoms with E-state index in [2.05, 4.69) is 9.80 Å². The fourth-order valence-corrected chi connectivity index (χ4v) is 6.30. The monoisotopic (exact) mass is 403 g/mol. The molecule has 5 nitrogen and oxygen atoms in total. The van der Waals surface area contributed by atoms with E-state index >= 15 is 0 Å². The summed E-state index contributed by atoms with van der Waals surface area (Å²) in [6.45, 7) is 3.84. The van der Waals surface area contributed by atoms with Crippen molar-refractivity contribution in [3.8, 4) is 0 Å². The third-order valence-corrected chi connectivity index (χ3v) is 7.99. The molecular formula is C22H33N3O2S. The number of carbonyl (C=O) groups excluding carboxylic acids is 2. The third-order valence-electron chi connectivity index (χ3n) is 6.77. The predicted octanol–water partition coefficient (Wildman–Crippen LogP) is 3.03. The maximum absolute atomic E-state index is 13.1. The molecule has 2 amide bonds. The summed E-state index contributed by atoms with van der Waals surface area (Å²) in [5.41, 5.74) is 1.22. The first kappa shape index (κ1) is 19.9. The number of aryl methyl sites for hydroxylation is 1. The van der Waals surface area contributed by atoms with Crippen LogP contribution in [0.2, 0.25) is 0 Å². The topological polar surface area (TPSA) is 43.9 Å². The minimum absolute atomic E-state index is 0.0705. The maximum atomic E-state index is 13.1. The molecule has 4 rings (SSSR count). The second kappa shape index (κ2) is 8.54. The number of rotatable bonds is 3. The zero-order chi connectivity index (χ0) is 19.7. The van der Waals surface area contributed by atoms with E-state index in [9.17, 15) is 9.59 Å². The number of nitrogens with zero attached hydrogens (tertiary/aromatic N) is 3. The Hall–Kier alpha value is -1.40. The maximum Gasteiger partial charge on any atom is 0.263 e. The van der Waals surface area contributed by atoms with E-state index in [0.29, 0.717) is 5.91 Å². The Bertz CT molecular complexity index is 715. The highest BCUT2D eigenvalue weighted by atomic mass is 32.1. The second-order valence-electron chi connectivity index (χ2n) is 8.85. The van der Waals surface area contributed by atoms with E-state index in [1.54, 1.807) is 30.3 Å². The number of piperazine rings is 1. The summed E-state index contributed by atoms with van der Waals surface area (Å²) >= 11 is 1.61. The molecule has 0 radical (unpaired) electrons. The average molecular weight is 404 g/mol. The lowest BCUT2D eigenvalue weighted by molar-refractivity contribution is -0.138. The number of hydrogen-bond donors (Lipinski definition) is 0. The zero-order valence-electron chi connectivity index (χ0n) is 17.3. The van der Waals surface area contributed by atoms with Crippen LogP contribution in [0.25, 0.3) is 0 Å². The van der Waals surface area contributed by atoms with Gasteiger partial charge in [-0.1, -0.05) is 19.3 Å². The van der Waals surface area contributed by atoms with Crippen LogP contribution < -0.4 is 0 Å². The first-order valence-corrected chi connectivity index (χ1v) is 11.7. The fourth-order valence-electron chi connectivity index (χ4n) is 5.07. The normalized spacial score (nSPS) is 24.1. The van der Waals surface area contributed by atoms with Gasteiger partial charge in [0, 0.05) is 57.1 Å². The Morgan fingerprint density at radius 3 is 2.43 bits per heavy atom. The van der Waals surface area contributed by atoms with Crippen LogP contribution in [0.4, 0.5) is 0 Å². The van der Waals surface area contributed by atoms with Gasteiger partial charge in [-0.2, -0.15) is 0 Å². The van der Waals surface area contributed by atoms with E-state index in [1.165, 1.54) is 42.5 Å². The predicted molar refractivity (Wildman–Crippen MR) is 113 cm³/mol. The van der Waals surface area contributed by atoms with Crippen molar-refractivity contribution in [1.29, 1.82) is 0 Å². The summed E-state index contributed by atoms with van der Waals surface area (Å²) in [4.78, 5) is 33.8. The standard InChI is InChI=1S/C22H33N3O2S/c1-23(2)22(27)20-15-17-14-16(8-9-19(17)28-20)21(26)25-12-10-24(11-13-25)18-6-4-3-5-7-18/h15-16,18H,3-14H2,1-2H3/t16-/m0/s1. The highest BCUT2D eigenvalue weighted by molar-refractivity contribution is 7.14. The Balaban J connectivity index is 1.33. The summed E-state index contributed by atoms with van der Waals surface area (Å²) in [7, 11) is 3.58. The SMILES string of the molecule is CN(C)C(=O)c1cc2c(s1)CC[C@H](C(=O)N1CCN(C3CCCCC3)CC1)C2. The molecule has 2 heterocycles. The number of hydrogen-bond acceptors (Lipinski definition) is 4. The molecule has 1 aliphatic heterocycles. The molecule has 1 saturated carbocycles. The van der Waals surface area contributed by atoms with Crippen molar-refractivity contribution in [2.75, 3.05) is 40.3 Å². The third kappa shape index (κ3) is 4.13. The molecule has 2 fully saturated rings. The molecule has 154 valence electrons. The summed E-state index contributed by atoms with van der Waals surface area (Å²) < 4.78 is 0. The largest absolute Gasteiger partial charge is 0.344 e. The van der Waals surface area contributed by atoms with Crippen molar-refractivity contribution in [3.63, 3.8) is 0 Å². The first-order chi connectivity index (χ1) is 13.5. The van der Waals surface area contributed by atoms with Crippen molar-refractivity contribution >= 4 is 23.2 Å². The molecule has 0 aromatic carbocycles. The fraction of sp³-hybridized carbons (Fsp3) is 0.727. The van der Waals surface area contributed by atoms with Gasteiger partial charge in [0.15, 0.2) is 0 Å². The van der Waals surface area contributed by atoms with Gasteiger partial charge in [-0.3, -0.25) is 14.5 Å². The van der Waals surface area contributed by atoms with Crippen LogP contribution >= 0.6 is 11.3 Å². The number of amides is 2. The van der Waals surface area contributed by atoms with Gasteiger partial charge in [0.25, 0.3) is 5.91 Å². The first-order valence-electron chi connectivity index (χ1n) is 10.9. The van der Waals surface area contributed by atoms with Crippen LogP contribution in [0.15, 0.2) is 6.07 Å². The van der Waals surface area contributed by atoms with Crippen molar-refractivity contribution in [2.24, 2.45) is 5.92 Å². The minimum Gasteiger partial charge on any atom is -0.344 e. The lowest BCUT2D eigenvalue weighted by Crippen LogP contribution is -2.53. The van der Waals surface area contributed by atoms with Gasteiger partial charge in [0.2, 0.25) is 5.91 Å². The molecule has 0 bridgehead atoms. The molecule has 0 spiro atoms. The average Bonchev–Trinajstić information content (AvgIpc) is 3.16. The molecule has 1 atom stereocenters. The van der Waals surface area contributed by atoms with Crippen molar-refractivity contribution in [2.45, 2.75) is 57.4 Å². The molecule has 0 unspecified atom stereocenters. The van der Waals surface area contributed by atoms with Crippen LogP contribution in [0.3, 0.4) is 0 Å². The Kier molecular flexibility index (Phi) is 6.07. The summed E-state index contributed by atoms with van der Waals surface area (Å²) in [6, 6.07) is 2.78. The van der Waals surface area contributed by atoms with Gasteiger partial charge in [-0.15, -0.1) is 11.3 Å². The Morgan fingerprint density at radius 2 is 1.75 bits per heavy atom. The van der Waals surface area contributed by atoms with Crippen LogP contribution in [0.5, 0.6) is 0 Å². The van der Waals surface area contributed by atoms with Crippen LogP contribution in [0.1, 0.15) is 58.6 Å². The van der Waals surface area contributed by atoms with E-state index in [1.807, 2.05) is 6.07 Å². The molecule has 1 saturated heterocycles. The summed E-state index contributed by atoms with van der Waals surface area (Å²) in [5.74, 6) is 0.493. The number of thiophene rings is 1. The lowest BCUT2D eigenvalue weighted by atomic mass is 9.87. The van der Waals surface area contributed by atoms with E-state index in [-0.39, 0.29) is 11.8 Å². The van der Waals surface area contributed by atoms with Gasteiger partial charge in [0.05, 0.1) is 4.88 Å². The second-order valence-corrected chi connectivity index (χ2v) is 9.99. The molecule has 2 aliphatic carbocycles. The highest BCUT2D eigenvalue weighted by Gasteiger charge is 2.33. The van der Waals surface area contributed by atoms with Gasteiger partial charge in [-0.05, 0) is 43.7 Å². The quantitative estimate of drug-likeness (QED) is 0.779. The Morgan fingerprint density at radius 1 is 1.04 bits per heavy atom. The highest BCUT2D eigenvalue weighted by Crippen LogP contribution is 2.34. The van der Waals surface area contributed by atoms with Crippen LogP contribution in [-0.4, -0.2) is 72.8 Å². The van der Waals surface area contributed by atoms with Crippen molar-refractivity contribution < 1.29 is 9.59 Å². The van der Waals surface area contributed by atoms with E-state index < -0.39 is 0 Å². The van der Waals surface area contributed by atoms with E-state index in [4.69, 9.17) is 0 Å². The van der Waals surface area contributed by atoms with Crippen LogP contribution in [-0.2, 0) is 17.6 Å². The van der Waals surface area contributed by atoms with E-state index in [0.717, 1.165) is 56.4 Å². The molecule has 1 aromatic heterocycles. The summed E-state index contributed by atoms with van der Waals surface area (Å²) in [6.07, 6.45) is 9.46. The summed E-state index contributed by atoms with van der Waals surface area (Å²) in [5, 5.41) is 0. The Labute approximate surface area is 172 Å². The van der Waals surface area contributed by atoms with Crippen molar-refractivity contribution in [3.05, 3.63) is 21.4 Å². The molecule has 28 heavy (non-hydrogen) atoms. The van der Waals surface area contributed by atoms with Gasteiger partial charge in [-0.25, -0.2) is 0 Å². The molecule has 3 aliphatic rings. The lowest BCUT2D eigenvalue weighted by Gasteiger charge is -2.41. The molecule has 6 heteroatoms. The minimum atomic E-state index is 0.0705. The number of carbonyl (C=O) groups is 2. The van der Waals surface area contributed by atoms with Gasteiger partial charge in [0.1, 0.15) is 0 Å². The molecular weight excluding hydrogens is 370 g/mol. The van der Waals surface area contributed by atoms with Gasteiger partial charge < -0.3 is 9.80 Å². The number of fused-ring (bicyclic) bond motifs is 1. The molecule has 0 N–H and O–H groups in total. The van der Waals surface area contributed by atoms with Crippen LogP contribution in [0, 0.1) is 5.92 Å². The molecule has 1 aromatic rings.